The highest BCUT2D eigenvalue weighted by Gasteiger charge is 2.27. The number of amides is 1. The van der Waals surface area contributed by atoms with Crippen LogP contribution in [0.4, 0.5) is 0 Å². The number of carbonyl (C=O) groups excluding carboxylic acids is 1. The van der Waals surface area contributed by atoms with Gasteiger partial charge in [0.1, 0.15) is 6.34 Å². The maximum Gasteiger partial charge on any atom is 0.236 e. The Bertz CT molecular complexity index is 1330. The van der Waals surface area contributed by atoms with E-state index in [2.05, 4.69) is 94.6 Å². The molecule has 0 bridgehead atoms. The molecule has 1 aromatic carbocycles. The zero-order valence-electron chi connectivity index (χ0n) is 25.0. The quantitative estimate of drug-likeness (QED) is 0.407. The molecule has 1 aromatic heterocycles. The molecule has 214 valence electrons. The van der Waals surface area contributed by atoms with Crippen molar-refractivity contribution in [3.63, 3.8) is 0 Å². The normalized spacial score (nSPS) is 19.9. The first-order chi connectivity index (χ1) is 19.4. The maximum absolute atomic E-state index is 13.0. The minimum Gasteiger partial charge on any atom is -0.354 e. The average Bonchev–Trinajstić information content (AvgIpc) is 3.30. The molecule has 1 amide bonds. The second-order valence-corrected chi connectivity index (χ2v) is 11.9. The van der Waals surface area contributed by atoms with E-state index in [-0.39, 0.29) is 0 Å². The number of rotatable bonds is 9. The molecule has 40 heavy (non-hydrogen) atoms. The minimum atomic E-state index is 0.303. The van der Waals surface area contributed by atoms with Gasteiger partial charge >= 0.3 is 0 Å². The number of nitrogens with zero attached hydrogens (tertiary/aromatic N) is 5. The molecule has 0 spiro atoms. The van der Waals surface area contributed by atoms with Crippen LogP contribution in [0.1, 0.15) is 82.5 Å². The number of nitrogens with one attached hydrogen (secondary N) is 1. The Morgan fingerprint density at radius 2 is 1.82 bits per heavy atom. The topological polar surface area (TPSA) is 67.3 Å². The van der Waals surface area contributed by atoms with Crippen molar-refractivity contribution in [2.45, 2.75) is 65.7 Å². The number of aromatic nitrogens is 1. The number of likely N-dealkylation sites (tertiary alicyclic amines) is 1. The van der Waals surface area contributed by atoms with Crippen molar-refractivity contribution in [1.82, 2.24) is 19.7 Å². The lowest BCUT2D eigenvalue weighted by atomic mass is 9.87. The number of hydrogen-bond acceptors (Lipinski definition) is 5. The van der Waals surface area contributed by atoms with E-state index in [4.69, 9.17) is 0 Å². The van der Waals surface area contributed by atoms with Gasteiger partial charge < -0.3 is 9.88 Å². The molecule has 0 atom stereocenters. The molecule has 0 aliphatic carbocycles. The van der Waals surface area contributed by atoms with Gasteiger partial charge in [0.15, 0.2) is 5.84 Å². The van der Waals surface area contributed by atoms with E-state index >= 15 is 0 Å². The van der Waals surface area contributed by atoms with Crippen LogP contribution in [-0.2, 0) is 4.79 Å². The Morgan fingerprint density at radius 1 is 1.10 bits per heavy atom. The summed E-state index contributed by atoms with van der Waals surface area (Å²) < 4.78 is 0. The van der Waals surface area contributed by atoms with E-state index in [1.165, 1.54) is 39.7 Å². The van der Waals surface area contributed by atoms with Gasteiger partial charge in [0.2, 0.25) is 5.91 Å². The number of H-pyrrole nitrogens is 1. The number of amidine groups is 1. The van der Waals surface area contributed by atoms with E-state index < -0.39 is 0 Å². The number of allylic oxidation sites excluding steroid dienone is 3. The summed E-state index contributed by atoms with van der Waals surface area (Å²) in [5, 5.41) is 1.33. The molecular weight excluding hydrogens is 496 g/mol. The predicted molar refractivity (Wildman–Crippen MR) is 167 cm³/mol. The Kier molecular flexibility index (Phi) is 9.01. The van der Waals surface area contributed by atoms with E-state index in [0.29, 0.717) is 24.3 Å². The number of fused-ring (bicyclic) bond motifs is 1. The van der Waals surface area contributed by atoms with Crippen LogP contribution in [0.25, 0.3) is 16.5 Å². The lowest BCUT2D eigenvalue weighted by Gasteiger charge is -2.37. The molecule has 3 aliphatic heterocycles. The molecular formula is C33H46N6O. The van der Waals surface area contributed by atoms with Crippen LogP contribution in [-0.4, -0.2) is 90.1 Å². The molecule has 2 fully saturated rings. The molecule has 0 unspecified atom stereocenters. The van der Waals surface area contributed by atoms with Gasteiger partial charge in [0.05, 0.1) is 6.54 Å². The summed E-state index contributed by atoms with van der Waals surface area (Å²) in [5.74, 6) is 2.03. The van der Waals surface area contributed by atoms with Crippen molar-refractivity contribution in [2.75, 3.05) is 52.4 Å². The van der Waals surface area contributed by atoms with Crippen LogP contribution >= 0.6 is 0 Å². The third kappa shape index (κ3) is 6.16. The van der Waals surface area contributed by atoms with Crippen molar-refractivity contribution >= 4 is 34.6 Å². The van der Waals surface area contributed by atoms with Gasteiger partial charge in [0, 0.05) is 42.8 Å². The van der Waals surface area contributed by atoms with Crippen LogP contribution in [0.3, 0.4) is 0 Å². The summed E-state index contributed by atoms with van der Waals surface area (Å²) >= 11 is 0. The lowest BCUT2D eigenvalue weighted by Crippen LogP contribution is -2.51. The van der Waals surface area contributed by atoms with Crippen molar-refractivity contribution in [2.24, 2.45) is 9.98 Å². The monoisotopic (exact) mass is 542 g/mol. The van der Waals surface area contributed by atoms with E-state index in [0.717, 1.165) is 70.1 Å². The second kappa shape index (κ2) is 12.6. The smallest absolute Gasteiger partial charge is 0.236 e. The highest BCUT2D eigenvalue weighted by Crippen LogP contribution is 2.37. The molecule has 1 N–H and O–H groups in total. The first-order valence-electron chi connectivity index (χ1n) is 15.2. The second-order valence-electron chi connectivity index (χ2n) is 11.9. The predicted octanol–water partition coefficient (Wildman–Crippen LogP) is 5.81. The van der Waals surface area contributed by atoms with Gasteiger partial charge in [-0.3, -0.25) is 14.6 Å². The summed E-state index contributed by atoms with van der Waals surface area (Å²) in [5.41, 5.74) is 7.42. The summed E-state index contributed by atoms with van der Waals surface area (Å²) in [6, 6.07) is 7.00. The van der Waals surface area contributed by atoms with Crippen molar-refractivity contribution < 1.29 is 4.79 Å². The summed E-state index contributed by atoms with van der Waals surface area (Å²) in [6.45, 7) is 18.4. The Morgan fingerprint density at radius 3 is 2.42 bits per heavy atom. The van der Waals surface area contributed by atoms with Crippen LogP contribution in [0.2, 0.25) is 0 Å². The molecule has 0 radical (unpaired) electrons. The van der Waals surface area contributed by atoms with Gasteiger partial charge in [0.25, 0.3) is 0 Å². The minimum absolute atomic E-state index is 0.303. The van der Waals surface area contributed by atoms with E-state index in [1.54, 1.807) is 6.34 Å². The Balaban J connectivity index is 1.25. The number of piperidine rings is 1. The highest BCUT2D eigenvalue weighted by atomic mass is 16.2. The van der Waals surface area contributed by atoms with E-state index in [1.807, 2.05) is 0 Å². The standard InChI is InChI=1S/C33H46N6O/c1-6-12-37-15-17-39(18-16-37)30(40)21-38-13-10-26(11-14-38)27-8-9-29-28(20-27)31(23(3)4)32(36-29)25(7-2)19-24(5)33-34-22-35-33/h7-9,19-20,22-23,26,36H,6,10-18,21H2,1-5H3/b24-19-,25-7+. The molecule has 4 heterocycles. The average molecular weight is 543 g/mol. The van der Waals surface area contributed by atoms with Gasteiger partial charge in [-0.05, 0) is 105 Å². The van der Waals surface area contributed by atoms with Crippen LogP contribution in [0.5, 0.6) is 0 Å². The molecule has 5 rings (SSSR count). The number of benzene rings is 1. The molecule has 7 heteroatoms. The first kappa shape index (κ1) is 28.5. The molecule has 2 aromatic rings. The zero-order valence-corrected chi connectivity index (χ0v) is 25.0. The van der Waals surface area contributed by atoms with Crippen LogP contribution in [0.15, 0.2) is 45.9 Å². The SMILES string of the molecule is C/C=C(\C=C(\C)C1=NC=N1)c1[nH]c2ccc(C3CCN(CC(=O)N4CCN(CCC)CC4)CC3)cc2c1C(C)C. The molecule has 3 aliphatic rings. The first-order valence-corrected chi connectivity index (χ1v) is 15.2. The largest absolute Gasteiger partial charge is 0.354 e. The lowest BCUT2D eigenvalue weighted by molar-refractivity contribution is -0.134. The Hall–Kier alpha value is -3.03. The number of aliphatic imine (C=N–C) groups is 2. The fraction of sp³-hybridized carbons (Fsp3) is 0.545. The van der Waals surface area contributed by atoms with Gasteiger partial charge in [-0.1, -0.05) is 32.9 Å². The number of carbonyl (C=O) groups is 1. The van der Waals surface area contributed by atoms with Crippen molar-refractivity contribution in [3.8, 4) is 0 Å². The third-order valence-corrected chi connectivity index (χ3v) is 8.81. The summed E-state index contributed by atoms with van der Waals surface area (Å²) in [4.78, 5) is 32.1. The fourth-order valence-electron chi connectivity index (χ4n) is 6.48. The molecule has 7 nitrogen and oxygen atoms in total. The number of aromatic amines is 1. The van der Waals surface area contributed by atoms with Crippen LogP contribution in [0, 0.1) is 0 Å². The third-order valence-electron chi connectivity index (χ3n) is 8.81. The van der Waals surface area contributed by atoms with Crippen LogP contribution < -0.4 is 0 Å². The van der Waals surface area contributed by atoms with E-state index in [9.17, 15) is 4.79 Å². The van der Waals surface area contributed by atoms with Crippen molar-refractivity contribution in [3.05, 3.63) is 52.7 Å². The van der Waals surface area contributed by atoms with Crippen molar-refractivity contribution in [1.29, 1.82) is 0 Å². The number of piperazine rings is 1. The molecule has 2 saturated heterocycles. The maximum atomic E-state index is 13.0. The summed E-state index contributed by atoms with van der Waals surface area (Å²) in [6.07, 6.45) is 9.34. The fourth-order valence-corrected chi connectivity index (χ4v) is 6.48. The van der Waals surface area contributed by atoms with Gasteiger partial charge in [-0.25, -0.2) is 9.98 Å². The van der Waals surface area contributed by atoms with Gasteiger partial charge in [-0.2, -0.15) is 0 Å². The molecule has 0 saturated carbocycles. The highest BCUT2D eigenvalue weighted by molar-refractivity contribution is 6.12. The summed E-state index contributed by atoms with van der Waals surface area (Å²) in [7, 11) is 0. The Labute approximate surface area is 239 Å². The zero-order chi connectivity index (χ0) is 28.2. The number of hydrogen-bond donors (Lipinski definition) is 1. The van der Waals surface area contributed by atoms with Gasteiger partial charge in [-0.15, -0.1) is 0 Å².